The summed E-state index contributed by atoms with van der Waals surface area (Å²) in [5.74, 6) is -0.333. The molecular formula is C13H12ClFN2O. The smallest absolute Gasteiger partial charge is 0.131 e. The summed E-state index contributed by atoms with van der Waals surface area (Å²) in [5, 5.41) is 13.2. The zero-order valence-corrected chi connectivity index (χ0v) is 10.4. The molecule has 0 fully saturated rings. The van der Waals surface area contributed by atoms with Crippen molar-refractivity contribution in [3.8, 4) is 5.75 Å². The Hall–Kier alpha value is -1.81. The number of rotatable bonds is 3. The number of benzene rings is 1. The molecule has 1 aromatic carbocycles. The number of hydrogen-bond donors (Lipinski definition) is 2. The molecule has 0 radical (unpaired) electrons. The molecule has 0 saturated heterocycles. The van der Waals surface area contributed by atoms with E-state index in [4.69, 9.17) is 11.6 Å². The Balaban J connectivity index is 2.21. The molecule has 5 heteroatoms. The molecule has 0 amide bonds. The van der Waals surface area contributed by atoms with Gasteiger partial charge in [0.15, 0.2) is 0 Å². The van der Waals surface area contributed by atoms with Crippen molar-refractivity contribution in [3.63, 3.8) is 0 Å². The molecular weight excluding hydrogens is 255 g/mol. The topological polar surface area (TPSA) is 45.2 Å². The molecule has 1 heterocycles. The number of nitrogens with zero attached hydrogens (tertiary/aromatic N) is 1. The molecule has 0 bridgehead atoms. The molecule has 1 atom stereocenters. The molecule has 1 unspecified atom stereocenters. The van der Waals surface area contributed by atoms with Crippen molar-refractivity contribution in [1.29, 1.82) is 0 Å². The summed E-state index contributed by atoms with van der Waals surface area (Å²) in [5.41, 5.74) is 1.24. The van der Waals surface area contributed by atoms with Crippen LogP contribution in [-0.2, 0) is 0 Å². The zero-order chi connectivity index (χ0) is 13.1. The fourth-order valence-electron chi connectivity index (χ4n) is 1.69. The summed E-state index contributed by atoms with van der Waals surface area (Å²) in [7, 11) is 0. The average Bonchev–Trinajstić information content (AvgIpc) is 2.32. The number of aromatic nitrogens is 1. The van der Waals surface area contributed by atoms with E-state index < -0.39 is 0 Å². The first kappa shape index (κ1) is 12.6. The van der Waals surface area contributed by atoms with Crippen LogP contribution in [0.2, 0.25) is 5.15 Å². The number of hydrogen-bond acceptors (Lipinski definition) is 3. The van der Waals surface area contributed by atoms with E-state index in [-0.39, 0.29) is 17.6 Å². The van der Waals surface area contributed by atoms with Crippen molar-refractivity contribution in [3.05, 3.63) is 53.1 Å². The lowest BCUT2D eigenvalue weighted by atomic mass is 10.1. The highest BCUT2D eigenvalue weighted by molar-refractivity contribution is 6.29. The maximum Gasteiger partial charge on any atom is 0.131 e. The second-order valence-electron chi connectivity index (χ2n) is 3.94. The minimum absolute atomic E-state index is 0.0524. The summed E-state index contributed by atoms with van der Waals surface area (Å²) < 4.78 is 13.1. The van der Waals surface area contributed by atoms with Crippen LogP contribution >= 0.6 is 11.6 Å². The van der Waals surface area contributed by atoms with Gasteiger partial charge in [0, 0.05) is 17.4 Å². The minimum atomic E-state index is -0.385. The second kappa shape index (κ2) is 5.23. The molecule has 2 rings (SSSR count). The lowest BCUT2D eigenvalue weighted by Crippen LogP contribution is -2.07. The Morgan fingerprint density at radius 2 is 2.11 bits per heavy atom. The van der Waals surface area contributed by atoms with Crippen LogP contribution < -0.4 is 5.32 Å². The predicted molar refractivity (Wildman–Crippen MR) is 69.3 cm³/mol. The lowest BCUT2D eigenvalue weighted by Gasteiger charge is -2.17. The third kappa shape index (κ3) is 2.90. The number of anilines is 1. The van der Waals surface area contributed by atoms with E-state index in [0.717, 1.165) is 5.69 Å². The van der Waals surface area contributed by atoms with Gasteiger partial charge in [-0.05, 0) is 37.3 Å². The quantitative estimate of drug-likeness (QED) is 0.832. The number of phenolic OH excluding ortho intramolecular Hbond substituents is 1. The monoisotopic (exact) mass is 266 g/mol. The first-order valence-electron chi connectivity index (χ1n) is 5.43. The van der Waals surface area contributed by atoms with Crippen molar-refractivity contribution in [2.45, 2.75) is 13.0 Å². The van der Waals surface area contributed by atoms with E-state index in [1.807, 2.05) is 6.92 Å². The lowest BCUT2D eigenvalue weighted by molar-refractivity contribution is 0.462. The van der Waals surface area contributed by atoms with Gasteiger partial charge in [0.25, 0.3) is 0 Å². The highest BCUT2D eigenvalue weighted by Gasteiger charge is 2.11. The van der Waals surface area contributed by atoms with Crippen molar-refractivity contribution in [2.24, 2.45) is 0 Å². The predicted octanol–water partition coefficient (Wildman–Crippen LogP) is 3.75. The van der Waals surface area contributed by atoms with Gasteiger partial charge >= 0.3 is 0 Å². The molecule has 2 aromatic rings. The molecule has 1 aromatic heterocycles. The summed E-state index contributed by atoms with van der Waals surface area (Å²) in [6.45, 7) is 1.82. The van der Waals surface area contributed by atoms with Crippen LogP contribution in [0.5, 0.6) is 5.75 Å². The van der Waals surface area contributed by atoms with Crippen LogP contribution in [0.1, 0.15) is 18.5 Å². The molecule has 0 saturated carbocycles. The largest absolute Gasteiger partial charge is 0.508 e. The maximum atomic E-state index is 13.1. The number of halogens is 2. The Morgan fingerprint density at radius 3 is 2.83 bits per heavy atom. The number of pyridine rings is 1. The fourth-order valence-corrected chi connectivity index (χ4v) is 1.87. The van der Waals surface area contributed by atoms with E-state index in [0.29, 0.717) is 10.7 Å². The normalized spacial score (nSPS) is 12.2. The Bertz CT molecular complexity index is 562. The fraction of sp³-hybridized carbons (Fsp3) is 0.154. The highest BCUT2D eigenvalue weighted by atomic mass is 35.5. The number of nitrogens with one attached hydrogen (secondary N) is 1. The van der Waals surface area contributed by atoms with Crippen LogP contribution in [0.15, 0.2) is 36.5 Å². The van der Waals surface area contributed by atoms with Gasteiger partial charge in [0.2, 0.25) is 0 Å². The first-order valence-corrected chi connectivity index (χ1v) is 5.80. The van der Waals surface area contributed by atoms with E-state index in [2.05, 4.69) is 10.3 Å². The number of phenols is 1. The van der Waals surface area contributed by atoms with E-state index >= 15 is 0 Å². The van der Waals surface area contributed by atoms with E-state index in [1.165, 1.54) is 18.2 Å². The third-order valence-corrected chi connectivity index (χ3v) is 2.77. The van der Waals surface area contributed by atoms with Crippen LogP contribution in [0.4, 0.5) is 10.1 Å². The number of aromatic hydroxyl groups is 1. The van der Waals surface area contributed by atoms with Gasteiger partial charge in [-0.2, -0.15) is 0 Å². The van der Waals surface area contributed by atoms with Crippen LogP contribution in [0.3, 0.4) is 0 Å². The van der Waals surface area contributed by atoms with Gasteiger partial charge in [-0.15, -0.1) is 0 Å². The van der Waals surface area contributed by atoms with Crippen LogP contribution in [-0.4, -0.2) is 10.1 Å². The molecule has 0 aliphatic rings. The molecule has 18 heavy (non-hydrogen) atoms. The second-order valence-corrected chi connectivity index (χ2v) is 4.32. The van der Waals surface area contributed by atoms with Crippen molar-refractivity contribution in [1.82, 2.24) is 4.98 Å². The zero-order valence-electron chi connectivity index (χ0n) is 9.69. The Kier molecular flexibility index (Phi) is 3.67. The summed E-state index contributed by atoms with van der Waals surface area (Å²) in [6, 6.07) is 7.01. The SMILES string of the molecule is CC(Nc1ccnc(Cl)c1)c1cc(F)ccc1O. The Morgan fingerprint density at radius 1 is 1.33 bits per heavy atom. The molecule has 0 spiro atoms. The molecule has 0 aliphatic carbocycles. The standard InChI is InChI=1S/C13H12ClFN2O/c1-8(11-6-9(15)2-3-12(11)18)17-10-4-5-16-13(14)7-10/h2-8,18H,1H3,(H,16,17). The van der Waals surface area contributed by atoms with Crippen LogP contribution in [0, 0.1) is 5.82 Å². The maximum absolute atomic E-state index is 13.1. The van der Waals surface area contributed by atoms with Gasteiger partial charge in [-0.25, -0.2) is 9.37 Å². The van der Waals surface area contributed by atoms with Gasteiger partial charge in [-0.3, -0.25) is 0 Å². The summed E-state index contributed by atoms with van der Waals surface area (Å²) >= 11 is 5.77. The Labute approximate surface area is 109 Å². The third-order valence-electron chi connectivity index (χ3n) is 2.57. The molecule has 0 aliphatic heterocycles. The van der Waals surface area contributed by atoms with Crippen molar-refractivity contribution in [2.75, 3.05) is 5.32 Å². The van der Waals surface area contributed by atoms with Gasteiger partial charge in [-0.1, -0.05) is 11.6 Å². The highest BCUT2D eigenvalue weighted by Crippen LogP contribution is 2.27. The van der Waals surface area contributed by atoms with Crippen molar-refractivity contribution < 1.29 is 9.50 Å². The van der Waals surface area contributed by atoms with Crippen molar-refractivity contribution >= 4 is 17.3 Å². The van der Waals surface area contributed by atoms with E-state index in [9.17, 15) is 9.50 Å². The molecule has 94 valence electrons. The molecule has 3 nitrogen and oxygen atoms in total. The first-order chi connectivity index (χ1) is 8.56. The average molecular weight is 267 g/mol. The van der Waals surface area contributed by atoms with Gasteiger partial charge < -0.3 is 10.4 Å². The summed E-state index contributed by atoms with van der Waals surface area (Å²) in [6.07, 6.45) is 1.57. The van der Waals surface area contributed by atoms with E-state index in [1.54, 1.807) is 18.3 Å². The van der Waals surface area contributed by atoms with Gasteiger partial charge in [0.1, 0.15) is 16.7 Å². The molecule has 2 N–H and O–H groups in total. The minimum Gasteiger partial charge on any atom is -0.508 e. The summed E-state index contributed by atoms with van der Waals surface area (Å²) in [4.78, 5) is 3.87. The van der Waals surface area contributed by atoms with Crippen LogP contribution in [0.25, 0.3) is 0 Å². The van der Waals surface area contributed by atoms with Gasteiger partial charge in [0.05, 0.1) is 6.04 Å².